The molecule has 2 aromatic rings. The number of halogens is 3. The topological polar surface area (TPSA) is 32.3 Å². The van der Waals surface area contributed by atoms with Crippen LogP contribution in [0.5, 0.6) is 0 Å². The van der Waals surface area contributed by atoms with Gasteiger partial charge in [-0.1, -0.05) is 30.3 Å². The Morgan fingerprint density at radius 2 is 1.80 bits per heavy atom. The average Bonchev–Trinajstić information content (AvgIpc) is 2.42. The smallest absolute Gasteiger partial charge is 0.147 e. The second kappa shape index (κ2) is 5.89. The fourth-order valence-corrected chi connectivity index (χ4v) is 2.14. The lowest BCUT2D eigenvalue weighted by molar-refractivity contribution is 0.0714. The zero-order chi connectivity index (χ0) is 14.8. The first-order valence-corrected chi connectivity index (χ1v) is 6.86. The van der Waals surface area contributed by atoms with E-state index in [2.05, 4.69) is 21.2 Å². The summed E-state index contributed by atoms with van der Waals surface area (Å²) in [5.41, 5.74) is -0.468. The van der Waals surface area contributed by atoms with E-state index in [-0.39, 0.29) is 16.7 Å². The van der Waals surface area contributed by atoms with Crippen LogP contribution in [-0.2, 0) is 5.60 Å². The second-order valence-corrected chi connectivity index (χ2v) is 5.59. The molecule has 0 bridgehead atoms. The Labute approximate surface area is 124 Å². The molecule has 1 atom stereocenters. The summed E-state index contributed by atoms with van der Waals surface area (Å²) in [5, 5.41) is 13.1. The van der Waals surface area contributed by atoms with Crippen molar-refractivity contribution < 1.29 is 13.9 Å². The zero-order valence-electron chi connectivity index (χ0n) is 10.8. The minimum Gasteiger partial charge on any atom is -0.384 e. The molecule has 0 saturated heterocycles. The molecular weight excluding hydrogens is 328 g/mol. The molecule has 2 rings (SSSR count). The molecule has 0 spiro atoms. The monoisotopic (exact) mass is 341 g/mol. The van der Waals surface area contributed by atoms with Gasteiger partial charge in [0, 0.05) is 12.6 Å². The van der Waals surface area contributed by atoms with Crippen LogP contribution < -0.4 is 5.32 Å². The molecule has 2 aromatic carbocycles. The van der Waals surface area contributed by atoms with Gasteiger partial charge in [0.05, 0.1) is 10.2 Å². The number of aliphatic hydroxyl groups is 1. The summed E-state index contributed by atoms with van der Waals surface area (Å²) in [5.74, 6) is -1.14. The number of hydrogen-bond donors (Lipinski definition) is 2. The molecular formula is C15H14BrF2NO. The van der Waals surface area contributed by atoms with E-state index < -0.39 is 17.2 Å². The van der Waals surface area contributed by atoms with Gasteiger partial charge in [-0.25, -0.2) is 8.78 Å². The van der Waals surface area contributed by atoms with Crippen molar-refractivity contribution in [2.75, 3.05) is 11.9 Å². The highest BCUT2D eigenvalue weighted by atomic mass is 79.9. The molecule has 0 amide bonds. The van der Waals surface area contributed by atoms with Crippen LogP contribution >= 0.6 is 15.9 Å². The highest BCUT2D eigenvalue weighted by molar-refractivity contribution is 9.10. The van der Waals surface area contributed by atoms with Crippen molar-refractivity contribution in [3.05, 3.63) is 64.1 Å². The number of anilines is 1. The third kappa shape index (κ3) is 3.35. The third-order valence-corrected chi connectivity index (χ3v) is 3.64. The van der Waals surface area contributed by atoms with Crippen LogP contribution in [-0.4, -0.2) is 11.7 Å². The Hall–Kier alpha value is -1.46. The highest BCUT2D eigenvalue weighted by Gasteiger charge is 2.23. The summed E-state index contributed by atoms with van der Waals surface area (Å²) in [7, 11) is 0. The lowest BCUT2D eigenvalue weighted by atomic mass is 9.96. The van der Waals surface area contributed by atoms with E-state index in [0.29, 0.717) is 5.56 Å². The Balaban J connectivity index is 2.14. The SMILES string of the molecule is CC(O)(CNc1cc(F)c(Br)cc1F)c1ccccc1. The molecule has 0 aliphatic heterocycles. The quantitative estimate of drug-likeness (QED) is 0.822. The van der Waals surface area contributed by atoms with Crippen LogP contribution in [0.3, 0.4) is 0 Å². The van der Waals surface area contributed by atoms with Crippen LogP contribution in [0.15, 0.2) is 46.9 Å². The number of benzene rings is 2. The second-order valence-electron chi connectivity index (χ2n) is 4.74. The molecule has 1 unspecified atom stereocenters. The van der Waals surface area contributed by atoms with E-state index in [1.54, 1.807) is 19.1 Å². The van der Waals surface area contributed by atoms with Gasteiger partial charge in [0.25, 0.3) is 0 Å². The predicted molar refractivity (Wildman–Crippen MR) is 78.6 cm³/mol. The van der Waals surface area contributed by atoms with Gasteiger partial charge in [-0.05, 0) is 34.5 Å². The van der Waals surface area contributed by atoms with E-state index in [9.17, 15) is 13.9 Å². The summed E-state index contributed by atoms with van der Waals surface area (Å²) in [6.07, 6.45) is 0. The van der Waals surface area contributed by atoms with Gasteiger partial charge >= 0.3 is 0 Å². The molecule has 106 valence electrons. The lowest BCUT2D eigenvalue weighted by Gasteiger charge is -2.25. The minimum absolute atomic E-state index is 0.0157. The highest BCUT2D eigenvalue weighted by Crippen LogP contribution is 2.25. The Kier molecular flexibility index (Phi) is 4.40. The standard InChI is InChI=1S/C15H14BrF2NO/c1-15(20,10-5-3-2-4-6-10)9-19-14-8-12(17)11(16)7-13(14)18/h2-8,19-20H,9H2,1H3. The summed E-state index contributed by atoms with van der Waals surface area (Å²) >= 11 is 2.92. The number of hydrogen-bond acceptors (Lipinski definition) is 2. The maximum absolute atomic E-state index is 13.7. The Morgan fingerprint density at radius 3 is 2.45 bits per heavy atom. The van der Waals surface area contributed by atoms with Gasteiger partial charge < -0.3 is 10.4 Å². The van der Waals surface area contributed by atoms with Crippen LogP contribution in [0.1, 0.15) is 12.5 Å². The van der Waals surface area contributed by atoms with Crippen molar-refractivity contribution in [1.29, 1.82) is 0 Å². The van der Waals surface area contributed by atoms with Gasteiger partial charge in [0.2, 0.25) is 0 Å². The minimum atomic E-state index is -1.18. The molecule has 0 radical (unpaired) electrons. The van der Waals surface area contributed by atoms with E-state index >= 15 is 0 Å². The molecule has 0 heterocycles. The first-order chi connectivity index (χ1) is 9.40. The molecule has 2 N–H and O–H groups in total. The van der Waals surface area contributed by atoms with E-state index in [1.165, 1.54) is 0 Å². The third-order valence-electron chi connectivity index (χ3n) is 3.03. The fourth-order valence-electron chi connectivity index (χ4n) is 1.82. The average molecular weight is 342 g/mol. The molecule has 5 heteroatoms. The number of nitrogens with one attached hydrogen (secondary N) is 1. The van der Waals surface area contributed by atoms with Gasteiger partial charge in [-0.2, -0.15) is 0 Å². The Morgan fingerprint density at radius 1 is 1.15 bits per heavy atom. The van der Waals surface area contributed by atoms with Crippen LogP contribution in [0.4, 0.5) is 14.5 Å². The van der Waals surface area contributed by atoms with Crippen molar-refractivity contribution in [2.45, 2.75) is 12.5 Å². The maximum Gasteiger partial charge on any atom is 0.147 e. The van der Waals surface area contributed by atoms with E-state index in [0.717, 1.165) is 12.1 Å². The largest absolute Gasteiger partial charge is 0.384 e. The fraction of sp³-hybridized carbons (Fsp3) is 0.200. The van der Waals surface area contributed by atoms with Crippen molar-refractivity contribution in [1.82, 2.24) is 0 Å². The first kappa shape index (κ1) is 14.9. The summed E-state index contributed by atoms with van der Waals surface area (Å²) in [6.45, 7) is 1.68. The van der Waals surface area contributed by atoms with Crippen molar-refractivity contribution in [3.63, 3.8) is 0 Å². The first-order valence-electron chi connectivity index (χ1n) is 6.06. The Bertz CT molecular complexity index is 602. The molecule has 2 nitrogen and oxygen atoms in total. The molecule has 0 saturated carbocycles. The molecule has 20 heavy (non-hydrogen) atoms. The molecule has 0 aliphatic carbocycles. The summed E-state index contributed by atoms with van der Waals surface area (Å²) in [4.78, 5) is 0. The van der Waals surface area contributed by atoms with Crippen LogP contribution in [0.2, 0.25) is 0 Å². The van der Waals surface area contributed by atoms with Crippen LogP contribution in [0, 0.1) is 11.6 Å². The summed E-state index contributed by atoms with van der Waals surface area (Å²) in [6, 6.07) is 11.1. The predicted octanol–water partition coefficient (Wildman–Crippen LogP) is 4.05. The van der Waals surface area contributed by atoms with Crippen molar-refractivity contribution in [3.8, 4) is 0 Å². The molecule has 0 aromatic heterocycles. The molecule has 0 fully saturated rings. The number of rotatable bonds is 4. The summed E-state index contributed by atoms with van der Waals surface area (Å²) < 4.78 is 27.1. The maximum atomic E-state index is 13.7. The van der Waals surface area contributed by atoms with Gasteiger partial charge in [-0.3, -0.25) is 0 Å². The van der Waals surface area contributed by atoms with Crippen molar-refractivity contribution >= 4 is 21.6 Å². The van der Waals surface area contributed by atoms with Crippen LogP contribution in [0.25, 0.3) is 0 Å². The molecule has 0 aliphatic rings. The van der Waals surface area contributed by atoms with Crippen molar-refractivity contribution in [2.24, 2.45) is 0 Å². The van der Waals surface area contributed by atoms with Gasteiger partial charge in [-0.15, -0.1) is 0 Å². The zero-order valence-corrected chi connectivity index (χ0v) is 12.4. The normalized spacial score (nSPS) is 13.8. The van der Waals surface area contributed by atoms with E-state index in [1.807, 2.05) is 18.2 Å². The van der Waals surface area contributed by atoms with Gasteiger partial charge in [0.1, 0.15) is 17.2 Å². The van der Waals surface area contributed by atoms with E-state index in [4.69, 9.17) is 0 Å². The van der Waals surface area contributed by atoms with Gasteiger partial charge in [0.15, 0.2) is 0 Å². The lowest BCUT2D eigenvalue weighted by Crippen LogP contribution is -2.30.